The van der Waals surface area contributed by atoms with Crippen LogP contribution >= 0.6 is 0 Å². The Bertz CT molecular complexity index is 483. The van der Waals surface area contributed by atoms with Crippen molar-refractivity contribution >= 4 is 11.7 Å². The van der Waals surface area contributed by atoms with Gasteiger partial charge in [-0.05, 0) is 13.3 Å². The van der Waals surface area contributed by atoms with Gasteiger partial charge < -0.3 is 4.74 Å². The van der Waals surface area contributed by atoms with Crippen molar-refractivity contribution in [2.75, 3.05) is 7.11 Å². The van der Waals surface area contributed by atoms with E-state index in [-0.39, 0.29) is 28.4 Å². The van der Waals surface area contributed by atoms with Crippen molar-refractivity contribution in [1.82, 2.24) is 0 Å². The van der Waals surface area contributed by atoms with Crippen LogP contribution in [-0.2, 0) is 9.53 Å². The molecule has 0 radical (unpaired) electrons. The number of carbonyl (C=O) groups is 1. The summed E-state index contributed by atoms with van der Waals surface area (Å²) in [4.78, 5) is 22.0. The lowest BCUT2D eigenvalue weighted by Crippen LogP contribution is -2.05. The number of nitro groups is 1. The number of carbonyl (C=O) groups excluding carboxylic acids is 1. The van der Waals surface area contributed by atoms with Crippen LogP contribution in [0.5, 0.6) is 0 Å². The Morgan fingerprint density at radius 2 is 2.24 bits per heavy atom. The standard InChI is InChI=1S/C12H13NO4/c1-7-4-3-5-8(11(7)13(15)16)9-6-10(9)12(14)17-2/h3-5,9-10H,6H2,1-2H3. The first-order valence-electron chi connectivity index (χ1n) is 5.38. The van der Waals surface area contributed by atoms with Crippen molar-refractivity contribution in [3.8, 4) is 0 Å². The number of hydrogen-bond donors (Lipinski definition) is 0. The predicted molar refractivity (Wildman–Crippen MR) is 60.7 cm³/mol. The van der Waals surface area contributed by atoms with Crippen LogP contribution in [0.4, 0.5) is 5.69 Å². The molecule has 1 aliphatic rings. The van der Waals surface area contributed by atoms with Gasteiger partial charge in [-0.1, -0.05) is 18.2 Å². The van der Waals surface area contributed by atoms with Crippen LogP contribution in [0.3, 0.4) is 0 Å². The molecule has 17 heavy (non-hydrogen) atoms. The van der Waals surface area contributed by atoms with E-state index in [2.05, 4.69) is 4.74 Å². The number of para-hydroxylation sites is 1. The summed E-state index contributed by atoms with van der Waals surface area (Å²) in [6.45, 7) is 1.71. The smallest absolute Gasteiger partial charge is 0.309 e. The number of aryl methyl sites for hydroxylation is 1. The van der Waals surface area contributed by atoms with Gasteiger partial charge in [0.05, 0.1) is 18.0 Å². The van der Waals surface area contributed by atoms with E-state index in [0.29, 0.717) is 17.5 Å². The molecule has 0 spiro atoms. The van der Waals surface area contributed by atoms with E-state index in [4.69, 9.17) is 0 Å². The Morgan fingerprint density at radius 3 is 2.82 bits per heavy atom. The lowest BCUT2D eigenvalue weighted by Gasteiger charge is -2.04. The van der Waals surface area contributed by atoms with Gasteiger partial charge in [0.15, 0.2) is 0 Å². The Kier molecular flexibility index (Phi) is 2.83. The number of benzene rings is 1. The minimum absolute atomic E-state index is 0.0669. The lowest BCUT2D eigenvalue weighted by molar-refractivity contribution is -0.386. The van der Waals surface area contributed by atoms with Crippen LogP contribution in [-0.4, -0.2) is 18.0 Å². The summed E-state index contributed by atoms with van der Waals surface area (Å²) in [6.07, 6.45) is 0.636. The molecule has 0 bridgehead atoms. The monoisotopic (exact) mass is 235 g/mol. The third-order valence-electron chi connectivity index (χ3n) is 3.15. The van der Waals surface area contributed by atoms with Gasteiger partial charge in [-0.25, -0.2) is 0 Å². The first-order valence-corrected chi connectivity index (χ1v) is 5.38. The maximum atomic E-state index is 11.3. The van der Waals surface area contributed by atoms with E-state index in [1.165, 1.54) is 7.11 Å². The molecule has 0 aliphatic heterocycles. The van der Waals surface area contributed by atoms with Crippen LogP contribution in [0.25, 0.3) is 0 Å². The number of rotatable bonds is 3. The number of methoxy groups -OCH3 is 1. The first kappa shape index (κ1) is 11.6. The molecule has 0 amide bonds. The molecule has 5 nitrogen and oxygen atoms in total. The second kappa shape index (κ2) is 4.16. The third kappa shape index (κ3) is 2.00. The van der Waals surface area contributed by atoms with Gasteiger partial charge in [-0.2, -0.15) is 0 Å². The Balaban J connectivity index is 2.32. The second-order valence-corrected chi connectivity index (χ2v) is 4.24. The summed E-state index contributed by atoms with van der Waals surface area (Å²) in [7, 11) is 1.34. The average molecular weight is 235 g/mol. The van der Waals surface area contributed by atoms with Crippen LogP contribution < -0.4 is 0 Å². The van der Waals surface area contributed by atoms with Gasteiger partial charge in [-0.15, -0.1) is 0 Å². The predicted octanol–water partition coefficient (Wildman–Crippen LogP) is 2.18. The Labute approximate surface area is 98.5 Å². The Morgan fingerprint density at radius 1 is 1.53 bits per heavy atom. The summed E-state index contributed by atoms with van der Waals surface area (Å²) >= 11 is 0. The van der Waals surface area contributed by atoms with E-state index >= 15 is 0 Å². The topological polar surface area (TPSA) is 69.4 Å². The van der Waals surface area contributed by atoms with Crippen molar-refractivity contribution < 1.29 is 14.5 Å². The Hall–Kier alpha value is -1.91. The van der Waals surface area contributed by atoms with E-state index in [0.717, 1.165) is 0 Å². The van der Waals surface area contributed by atoms with Crippen molar-refractivity contribution in [1.29, 1.82) is 0 Å². The second-order valence-electron chi connectivity index (χ2n) is 4.24. The molecule has 5 heteroatoms. The molecule has 0 heterocycles. The maximum absolute atomic E-state index is 11.3. The number of ether oxygens (including phenoxy) is 1. The number of nitrogens with zero attached hydrogens (tertiary/aromatic N) is 1. The van der Waals surface area contributed by atoms with Crippen LogP contribution in [0.1, 0.15) is 23.5 Å². The fourth-order valence-corrected chi connectivity index (χ4v) is 2.18. The van der Waals surface area contributed by atoms with Gasteiger partial charge in [-0.3, -0.25) is 14.9 Å². The molecule has 1 saturated carbocycles. The summed E-state index contributed by atoms with van der Waals surface area (Å²) in [5.74, 6) is -0.575. The van der Waals surface area contributed by atoms with Gasteiger partial charge >= 0.3 is 5.97 Å². The molecule has 2 rings (SSSR count). The van der Waals surface area contributed by atoms with Gasteiger partial charge in [0.25, 0.3) is 5.69 Å². The number of nitro benzene ring substituents is 1. The molecule has 0 saturated heterocycles. The molecule has 2 atom stereocenters. The third-order valence-corrected chi connectivity index (χ3v) is 3.15. The quantitative estimate of drug-likeness (QED) is 0.457. The highest BCUT2D eigenvalue weighted by Gasteiger charge is 2.47. The van der Waals surface area contributed by atoms with Crippen LogP contribution in [0.2, 0.25) is 0 Å². The molecule has 1 aromatic rings. The molecular weight excluding hydrogens is 222 g/mol. The van der Waals surface area contributed by atoms with Gasteiger partial charge in [0.1, 0.15) is 0 Å². The summed E-state index contributed by atoms with van der Waals surface area (Å²) in [6, 6.07) is 5.21. The summed E-state index contributed by atoms with van der Waals surface area (Å²) in [5.41, 5.74) is 1.40. The highest BCUT2D eigenvalue weighted by molar-refractivity contribution is 5.78. The highest BCUT2D eigenvalue weighted by Crippen LogP contribution is 2.51. The normalized spacial score (nSPS) is 22.0. The molecule has 1 aliphatic carbocycles. The minimum Gasteiger partial charge on any atom is -0.469 e. The molecular formula is C12H13NO4. The zero-order valence-electron chi connectivity index (χ0n) is 9.67. The fourth-order valence-electron chi connectivity index (χ4n) is 2.18. The molecule has 1 fully saturated rings. The zero-order chi connectivity index (χ0) is 12.6. The van der Waals surface area contributed by atoms with Crippen molar-refractivity contribution in [2.24, 2.45) is 5.92 Å². The molecule has 1 aromatic carbocycles. The van der Waals surface area contributed by atoms with Crippen molar-refractivity contribution in [3.05, 3.63) is 39.4 Å². The number of esters is 1. The lowest BCUT2D eigenvalue weighted by atomic mass is 10.0. The first-order chi connectivity index (χ1) is 8.06. The van der Waals surface area contributed by atoms with E-state index in [9.17, 15) is 14.9 Å². The SMILES string of the molecule is COC(=O)C1CC1c1cccc(C)c1[N+](=O)[O-]. The van der Waals surface area contributed by atoms with E-state index in [1.807, 2.05) is 0 Å². The van der Waals surface area contributed by atoms with E-state index < -0.39 is 0 Å². The molecule has 2 unspecified atom stereocenters. The van der Waals surface area contributed by atoms with Gasteiger partial charge in [0, 0.05) is 17.0 Å². The largest absolute Gasteiger partial charge is 0.469 e. The summed E-state index contributed by atoms with van der Waals surface area (Å²) < 4.78 is 4.65. The highest BCUT2D eigenvalue weighted by atomic mass is 16.6. The van der Waals surface area contributed by atoms with Gasteiger partial charge in [0.2, 0.25) is 0 Å². The molecule has 90 valence electrons. The molecule has 0 aromatic heterocycles. The molecule has 0 N–H and O–H groups in total. The zero-order valence-corrected chi connectivity index (χ0v) is 9.67. The van der Waals surface area contributed by atoms with Crippen molar-refractivity contribution in [2.45, 2.75) is 19.3 Å². The van der Waals surface area contributed by atoms with Crippen molar-refractivity contribution in [3.63, 3.8) is 0 Å². The minimum atomic E-state index is -0.378. The number of hydrogen-bond acceptors (Lipinski definition) is 4. The van der Waals surface area contributed by atoms with Crippen LogP contribution in [0, 0.1) is 23.0 Å². The average Bonchev–Trinajstić information content (AvgIpc) is 3.07. The van der Waals surface area contributed by atoms with Crippen LogP contribution in [0.15, 0.2) is 18.2 Å². The summed E-state index contributed by atoms with van der Waals surface area (Å²) in [5, 5.41) is 11.0. The maximum Gasteiger partial charge on any atom is 0.309 e. The fraction of sp³-hybridized carbons (Fsp3) is 0.417. The van der Waals surface area contributed by atoms with E-state index in [1.54, 1.807) is 25.1 Å².